The number of amides is 2. The number of carboxylic acid groups (broad SMARTS) is 1. The second-order valence-corrected chi connectivity index (χ2v) is 5.77. The third kappa shape index (κ3) is 3.52. The van der Waals surface area contributed by atoms with Gasteiger partial charge in [0.25, 0.3) is 5.91 Å². The lowest BCUT2D eigenvalue weighted by Crippen LogP contribution is -2.30. The van der Waals surface area contributed by atoms with Crippen LogP contribution in [0.2, 0.25) is 0 Å². The summed E-state index contributed by atoms with van der Waals surface area (Å²) in [5, 5.41) is 15.6. The molecule has 110 valence electrons. The molecule has 0 radical (unpaired) electrons. The van der Waals surface area contributed by atoms with E-state index in [0.29, 0.717) is 16.6 Å². The molecule has 5 nitrogen and oxygen atoms in total. The number of benzene rings is 2. The maximum absolute atomic E-state index is 12.1. The van der Waals surface area contributed by atoms with E-state index in [1.54, 1.807) is 30.3 Å². The Morgan fingerprint density at radius 2 is 1.86 bits per heavy atom. The van der Waals surface area contributed by atoms with E-state index in [1.807, 2.05) is 13.8 Å². The van der Waals surface area contributed by atoms with E-state index in [2.05, 4.69) is 26.6 Å². The molecule has 2 rings (SSSR count). The maximum Gasteiger partial charge on any atom is 0.409 e. The van der Waals surface area contributed by atoms with Gasteiger partial charge in [0, 0.05) is 21.5 Å². The number of rotatable bonds is 3. The van der Waals surface area contributed by atoms with Crippen LogP contribution in [0.1, 0.15) is 24.2 Å². The quantitative estimate of drug-likeness (QED) is 0.786. The molecule has 0 bridgehead atoms. The van der Waals surface area contributed by atoms with Crippen molar-refractivity contribution in [3.05, 3.63) is 40.4 Å². The standard InChI is InChI=1S/C15H15BrN2O3/c1-8(2)17-14(19)9-3-4-10-11(7-9)13(18-15(20)21)6-5-12(10)16/h3-8,18H,1-2H3,(H,17,19)(H,20,21). The first-order valence-corrected chi connectivity index (χ1v) is 7.21. The minimum Gasteiger partial charge on any atom is -0.465 e. The first-order valence-electron chi connectivity index (χ1n) is 6.41. The molecular formula is C15H15BrN2O3. The number of carbonyl (C=O) groups excluding carboxylic acids is 1. The number of carbonyl (C=O) groups is 2. The third-order valence-corrected chi connectivity index (χ3v) is 3.58. The Kier molecular flexibility index (Phi) is 4.47. The lowest BCUT2D eigenvalue weighted by atomic mass is 10.0. The Hall–Kier alpha value is -2.08. The highest BCUT2D eigenvalue weighted by Crippen LogP contribution is 2.31. The first kappa shape index (κ1) is 15.3. The molecule has 0 spiro atoms. The third-order valence-electron chi connectivity index (χ3n) is 2.89. The zero-order valence-corrected chi connectivity index (χ0v) is 13.2. The average Bonchev–Trinajstić information content (AvgIpc) is 2.40. The number of nitrogens with one attached hydrogen (secondary N) is 2. The SMILES string of the molecule is CC(C)NC(=O)c1ccc2c(Br)ccc(NC(=O)O)c2c1. The van der Waals surface area contributed by atoms with Gasteiger partial charge in [-0.15, -0.1) is 0 Å². The predicted octanol–water partition coefficient (Wildman–Crippen LogP) is 3.83. The summed E-state index contributed by atoms with van der Waals surface area (Å²) in [6.07, 6.45) is -1.14. The van der Waals surface area contributed by atoms with Crippen molar-refractivity contribution in [1.82, 2.24) is 5.32 Å². The van der Waals surface area contributed by atoms with Crippen molar-refractivity contribution >= 4 is 44.4 Å². The van der Waals surface area contributed by atoms with E-state index in [0.717, 1.165) is 9.86 Å². The van der Waals surface area contributed by atoms with Crippen LogP contribution in [0.4, 0.5) is 10.5 Å². The summed E-state index contributed by atoms with van der Waals surface area (Å²) in [5.41, 5.74) is 0.933. The van der Waals surface area contributed by atoms with Crippen LogP contribution >= 0.6 is 15.9 Å². The van der Waals surface area contributed by atoms with Gasteiger partial charge in [-0.05, 0) is 43.5 Å². The fourth-order valence-electron chi connectivity index (χ4n) is 2.02. The van der Waals surface area contributed by atoms with Crippen molar-refractivity contribution in [2.24, 2.45) is 0 Å². The molecule has 2 aromatic carbocycles. The molecule has 0 atom stereocenters. The maximum atomic E-state index is 12.1. The van der Waals surface area contributed by atoms with Crippen molar-refractivity contribution in [3.63, 3.8) is 0 Å². The minimum absolute atomic E-state index is 0.0346. The molecular weight excluding hydrogens is 336 g/mol. The van der Waals surface area contributed by atoms with Crippen LogP contribution in [0.5, 0.6) is 0 Å². The van der Waals surface area contributed by atoms with Crippen LogP contribution in [-0.4, -0.2) is 23.1 Å². The zero-order chi connectivity index (χ0) is 15.6. The van der Waals surface area contributed by atoms with E-state index in [9.17, 15) is 9.59 Å². The van der Waals surface area contributed by atoms with Crippen LogP contribution < -0.4 is 10.6 Å². The van der Waals surface area contributed by atoms with Crippen molar-refractivity contribution in [3.8, 4) is 0 Å². The lowest BCUT2D eigenvalue weighted by Gasteiger charge is -2.11. The zero-order valence-electron chi connectivity index (χ0n) is 11.6. The summed E-state index contributed by atoms with van der Waals surface area (Å²) >= 11 is 3.42. The highest BCUT2D eigenvalue weighted by atomic mass is 79.9. The van der Waals surface area contributed by atoms with Gasteiger partial charge < -0.3 is 10.4 Å². The summed E-state index contributed by atoms with van der Waals surface area (Å²) in [5.74, 6) is -0.187. The Morgan fingerprint density at radius 3 is 2.48 bits per heavy atom. The number of hydrogen-bond acceptors (Lipinski definition) is 2. The molecule has 0 fully saturated rings. The van der Waals surface area contributed by atoms with Gasteiger partial charge in [-0.25, -0.2) is 4.79 Å². The molecule has 21 heavy (non-hydrogen) atoms. The van der Waals surface area contributed by atoms with Gasteiger partial charge in [0.1, 0.15) is 0 Å². The summed E-state index contributed by atoms with van der Waals surface area (Å²) in [6, 6.07) is 8.65. The lowest BCUT2D eigenvalue weighted by molar-refractivity contribution is 0.0943. The molecule has 0 aliphatic heterocycles. The molecule has 0 saturated carbocycles. The Morgan fingerprint density at radius 1 is 1.14 bits per heavy atom. The fraction of sp³-hybridized carbons (Fsp3) is 0.200. The number of hydrogen-bond donors (Lipinski definition) is 3. The van der Waals surface area contributed by atoms with Gasteiger partial charge in [-0.2, -0.15) is 0 Å². The summed E-state index contributed by atoms with van der Waals surface area (Å²) < 4.78 is 0.837. The second-order valence-electron chi connectivity index (χ2n) is 4.91. The van der Waals surface area contributed by atoms with Crippen LogP contribution in [0, 0.1) is 0 Å². The molecule has 0 aliphatic carbocycles. The minimum atomic E-state index is -1.14. The molecule has 0 saturated heterocycles. The summed E-state index contributed by atoms with van der Waals surface area (Å²) in [7, 11) is 0. The largest absolute Gasteiger partial charge is 0.465 e. The van der Waals surface area contributed by atoms with Crippen molar-refractivity contribution in [1.29, 1.82) is 0 Å². The first-order chi connectivity index (χ1) is 9.88. The van der Waals surface area contributed by atoms with E-state index in [4.69, 9.17) is 5.11 Å². The highest BCUT2D eigenvalue weighted by molar-refractivity contribution is 9.10. The van der Waals surface area contributed by atoms with Gasteiger partial charge >= 0.3 is 6.09 Å². The Balaban J connectivity index is 2.53. The van der Waals surface area contributed by atoms with Crippen LogP contribution in [-0.2, 0) is 0 Å². The van der Waals surface area contributed by atoms with E-state index in [-0.39, 0.29) is 11.9 Å². The monoisotopic (exact) mass is 350 g/mol. The fourth-order valence-corrected chi connectivity index (χ4v) is 2.50. The Bertz CT molecular complexity index is 713. The van der Waals surface area contributed by atoms with Crippen LogP contribution in [0.25, 0.3) is 10.8 Å². The van der Waals surface area contributed by atoms with Crippen LogP contribution in [0.15, 0.2) is 34.8 Å². The molecule has 0 aromatic heterocycles. The second kappa shape index (κ2) is 6.13. The molecule has 0 aliphatic rings. The molecule has 2 amide bonds. The topological polar surface area (TPSA) is 78.4 Å². The molecule has 6 heteroatoms. The predicted molar refractivity (Wildman–Crippen MR) is 85.9 cm³/mol. The normalized spacial score (nSPS) is 10.7. The van der Waals surface area contributed by atoms with E-state index in [1.165, 1.54) is 0 Å². The van der Waals surface area contributed by atoms with Crippen molar-refractivity contribution < 1.29 is 14.7 Å². The van der Waals surface area contributed by atoms with Crippen molar-refractivity contribution in [2.45, 2.75) is 19.9 Å². The van der Waals surface area contributed by atoms with Crippen LogP contribution in [0.3, 0.4) is 0 Å². The number of fused-ring (bicyclic) bond motifs is 1. The van der Waals surface area contributed by atoms with Crippen molar-refractivity contribution in [2.75, 3.05) is 5.32 Å². The molecule has 0 heterocycles. The number of anilines is 1. The van der Waals surface area contributed by atoms with Gasteiger partial charge in [-0.3, -0.25) is 10.1 Å². The molecule has 2 aromatic rings. The average molecular weight is 351 g/mol. The highest BCUT2D eigenvalue weighted by Gasteiger charge is 2.12. The molecule has 0 unspecified atom stereocenters. The van der Waals surface area contributed by atoms with Gasteiger partial charge in [0.05, 0.1) is 5.69 Å². The van der Waals surface area contributed by atoms with Gasteiger partial charge in [0.2, 0.25) is 0 Å². The Labute approximate surface area is 130 Å². The van der Waals surface area contributed by atoms with E-state index >= 15 is 0 Å². The summed E-state index contributed by atoms with van der Waals surface area (Å²) in [6.45, 7) is 3.76. The van der Waals surface area contributed by atoms with E-state index < -0.39 is 6.09 Å². The van der Waals surface area contributed by atoms with Gasteiger partial charge in [-0.1, -0.05) is 22.0 Å². The summed E-state index contributed by atoms with van der Waals surface area (Å²) in [4.78, 5) is 22.9. The smallest absolute Gasteiger partial charge is 0.409 e. The number of halogens is 1. The molecule has 3 N–H and O–H groups in total. The van der Waals surface area contributed by atoms with Gasteiger partial charge in [0.15, 0.2) is 0 Å².